The molecule has 0 radical (unpaired) electrons. The molecule has 0 saturated carbocycles. The van der Waals surface area contributed by atoms with E-state index < -0.39 is 5.97 Å². The van der Waals surface area contributed by atoms with Crippen LogP contribution < -0.4 is 9.47 Å². The van der Waals surface area contributed by atoms with Crippen molar-refractivity contribution in [2.45, 2.75) is 0 Å². The summed E-state index contributed by atoms with van der Waals surface area (Å²) in [6, 6.07) is 5.18. The predicted octanol–water partition coefficient (Wildman–Crippen LogP) is 2.53. The van der Waals surface area contributed by atoms with E-state index in [0.717, 1.165) is 0 Å². The van der Waals surface area contributed by atoms with Gasteiger partial charge < -0.3 is 19.1 Å². The van der Waals surface area contributed by atoms with Gasteiger partial charge in [0.1, 0.15) is 4.47 Å². The molecule has 1 aliphatic heterocycles. The van der Waals surface area contributed by atoms with Crippen LogP contribution in [0.2, 0.25) is 0 Å². The molecular formula is C11H6BrNO5. The summed E-state index contributed by atoms with van der Waals surface area (Å²) < 4.78 is 15.8. The van der Waals surface area contributed by atoms with Crippen LogP contribution in [0.5, 0.6) is 11.5 Å². The number of rotatable bonds is 2. The molecule has 6 nitrogen and oxygen atoms in total. The van der Waals surface area contributed by atoms with Crippen LogP contribution in [0, 0.1) is 0 Å². The molecule has 1 aromatic heterocycles. The van der Waals surface area contributed by atoms with Crippen LogP contribution >= 0.6 is 15.9 Å². The number of ether oxygens (including phenoxy) is 2. The number of hydrogen-bond acceptors (Lipinski definition) is 5. The molecule has 0 fully saturated rings. The SMILES string of the molecule is O=C(O)c1noc(-c2ccc3c(c2)OCO3)c1Br. The number of carboxylic acids is 1. The van der Waals surface area contributed by atoms with Crippen molar-refractivity contribution in [1.29, 1.82) is 0 Å². The molecule has 1 N–H and O–H groups in total. The molecule has 18 heavy (non-hydrogen) atoms. The molecule has 0 saturated heterocycles. The minimum absolute atomic E-state index is 0.164. The highest BCUT2D eigenvalue weighted by molar-refractivity contribution is 9.10. The van der Waals surface area contributed by atoms with Crippen molar-refractivity contribution in [3.63, 3.8) is 0 Å². The Bertz CT molecular complexity index is 636. The number of nitrogens with zero attached hydrogens (tertiary/aromatic N) is 1. The first-order chi connectivity index (χ1) is 8.66. The second-order valence-electron chi connectivity index (χ2n) is 3.55. The lowest BCUT2D eigenvalue weighted by molar-refractivity contribution is 0.0685. The van der Waals surface area contributed by atoms with E-state index in [1.165, 1.54) is 0 Å². The molecule has 1 aliphatic rings. The van der Waals surface area contributed by atoms with Crippen LogP contribution in [0.3, 0.4) is 0 Å². The first kappa shape index (κ1) is 11.1. The molecule has 2 aromatic rings. The molecule has 0 unspecified atom stereocenters. The number of aromatic nitrogens is 1. The summed E-state index contributed by atoms with van der Waals surface area (Å²) in [6.45, 7) is 0.177. The molecule has 1 aromatic carbocycles. The minimum Gasteiger partial charge on any atom is -0.476 e. The van der Waals surface area contributed by atoms with Crippen molar-refractivity contribution < 1.29 is 23.9 Å². The second kappa shape index (κ2) is 4.02. The van der Waals surface area contributed by atoms with Crippen molar-refractivity contribution in [2.75, 3.05) is 6.79 Å². The third-order valence-corrected chi connectivity index (χ3v) is 3.21. The first-order valence-electron chi connectivity index (χ1n) is 4.95. The zero-order valence-corrected chi connectivity index (χ0v) is 10.4. The highest BCUT2D eigenvalue weighted by Crippen LogP contribution is 2.38. The van der Waals surface area contributed by atoms with Crippen LogP contribution in [0.1, 0.15) is 10.5 Å². The van der Waals surface area contributed by atoms with E-state index in [0.29, 0.717) is 27.3 Å². The van der Waals surface area contributed by atoms with Crippen molar-refractivity contribution in [3.8, 4) is 22.8 Å². The summed E-state index contributed by atoms with van der Waals surface area (Å²) in [6.07, 6.45) is 0. The van der Waals surface area contributed by atoms with Crippen molar-refractivity contribution in [1.82, 2.24) is 5.16 Å². The molecule has 0 bridgehead atoms. The van der Waals surface area contributed by atoms with Crippen LogP contribution in [-0.2, 0) is 0 Å². The van der Waals surface area contributed by atoms with E-state index >= 15 is 0 Å². The Kier molecular flexibility index (Phi) is 2.48. The third-order valence-electron chi connectivity index (χ3n) is 2.47. The number of benzene rings is 1. The summed E-state index contributed by atoms with van der Waals surface area (Å²) in [5, 5.41) is 12.4. The van der Waals surface area contributed by atoms with Gasteiger partial charge in [0.15, 0.2) is 17.3 Å². The summed E-state index contributed by atoms with van der Waals surface area (Å²) >= 11 is 3.16. The van der Waals surface area contributed by atoms with Gasteiger partial charge in [-0.1, -0.05) is 5.16 Å². The largest absolute Gasteiger partial charge is 0.476 e. The van der Waals surface area contributed by atoms with Crippen molar-refractivity contribution in [2.24, 2.45) is 0 Å². The highest BCUT2D eigenvalue weighted by Gasteiger charge is 2.22. The van der Waals surface area contributed by atoms with Crippen molar-refractivity contribution in [3.05, 3.63) is 28.4 Å². The van der Waals surface area contributed by atoms with Crippen LogP contribution in [0.25, 0.3) is 11.3 Å². The number of aromatic carboxylic acids is 1. The van der Waals surface area contributed by atoms with Gasteiger partial charge >= 0.3 is 5.97 Å². The van der Waals surface area contributed by atoms with Crippen LogP contribution in [0.4, 0.5) is 0 Å². The number of carboxylic acid groups (broad SMARTS) is 1. The summed E-state index contributed by atoms with van der Waals surface area (Å²) in [7, 11) is 0. The van der Waals surface area contributed by atoms with E-state index in [1.54, 1.807) is 18.2 Å². The normalized spacial score (nSPS) is 12.7. The molecule has 0 atom stereocenters. The Morgan fingerprint density at radius 1 is 1.33 bits per heavy atom. The van der Waals surface area contributed by atoms with Gasteiger partial charge in [0, 0.05) is 5.56 Å². The molecule has 3 rings (SSSR count). The van der Waals surface area contributed by atoms with E-state index in [2.05, 4.69) is 21.1 Å². The van der Waals surface area contributed by atoms with Gasteiger partial charge in [0.25, 0.3) is 0 Å². The smallest absolute Gasteiger partial charge is 0.359 e. The fraction of sp³-hybridized carbons (Fsp3) is 0.0909. The minimum atomic E-state index is -1.15. The summed E-state index contributed by atoms with van der Waals surface area (Å²) in [4.78, 5) is 10.9. The van der Waals surface area contributed by atoms with E-state index in [4.69, 9.17) is 19.1 Å². The average Bonchev–Trinajstić information content (AvgIpc) is 2.93. The number of hydrogen-bond donors (Lipinski definition) is 1. The zero-order chi connectivity index (χ0) is 12.7. The fourth-order valence-electron chi connectivity index (χ4n) is 1.63. The number of fused-ring (bicyclic) bond motifs is 1. The van der Waals surface area contributed by atoms with E-state index in [-0.39, 0.29) is 12.5 Å². The Morgan fingerprint density at radius 3 is 2.83 bits per heavy atom. The lowest BCUT2D eigenvalue weighted by Gasteiger charge is -1.99. The van der Waals surface area contributed by atoms with Gasteiger partial charge in [-0.15, -0.1) is 0 Å². The maximum atomic E-state index is 10.9. The summed E-state index contributed by atoms with van der Waals surface area (Å²) in [5.74, 6) is 0.420. The molecule has 0 spiro atoms. The number of carbonyl (C=O) groups is 1. The Labute approximate surface area is 109 Å². The lowest BCUT2D eigenvalue weighted by Crippen LogP contribution is -1.96. The molecule has 92 valence electrons. The van der Waals surface area contributed by atoms with Gasteiger partial charge in [-0.25, -0.2) is 4.79 Å². The van der Waals surface area contributed by atoms with E-state index in [9.17, 15) is 4.79 Å². The van der Waals surface area contributed by atoms with Gasteiger partial charge in [-0.3, -0.25) is 0 Å². The molecule has 0 amide bonds. The maximum Gasteiger partial charge on any atom is 0.359 e. The fourth-order valence-corrected chi connectivity index (χ4v) is 2.17. The highest BCUT2D eigenvalue weighted by atomic mass is 79.9. The third kappa shape index (κ3) is 1.63. The monoisotopic (exact) mass is 311 g/mol. The first-order valence-corrected chi connectivity index (χ1v) is 5.74. The topological polar surface area (TPSA) is 81.8 Å². The van der Waals surface area contributed by atoms with Crippen LogP contribution in [0.15, 0.2) is 27.2 Å². The molecular weight excluding hydrogens is 306 g/mol. The quantitative estimate of drug-likeness (QED) is 0.917. The molecule has 7 heteroatoms. The zero-order valence-electron chi connectivity index (χ0n) is 8.84. The standard InChI is InChI=1S/C11H6BrNO5/c12-8-9(11(14)15)13-18-10(8)5-1-2-6-7(3-5)17-4-16-6/h1-3H,4H2,(H,14,15). The summed E-state index contributed by atoms with van der Waals surface area (Å²) in [5.41, 5.74) is 0.494. The molecule has 2 heterocycles. The number of halogens is 1. The maximum absolute atomic E-state index is 10.9. The van der Waals surface area contributed by atoms with Crippen LogP contribution in [-0.4, -0.2) is 23.0 Å². The second-order valence-corrected chi connectivity index (χ2v) is 4.34. The molecule has 0 aliphatic carbocycles. The average molecular weight is 312 g/mol. The van der Waals surface area contributed by atoms with Gasteiger partial charge in [0.05, 0.1) is 0 Å². The Balaban J connectivity index is 2.07. The van der Waals surface area contributed by atoms with E-state index in [1.807, 2.05) is 0 Å². The lowest BCUT2D eigenvalue weighted by atomic mass is 10.1. The Hall–Kier alpha value is -2.02. The Morgan fingerprint density at radius 2 is 2.11 bits per heavy atom. The predicted molar refractivity (Wildman–Crippen MR) is 62.7 cm³/mol. The van der Waals surface area contributed by atoms with Gasteiger partial charge in [-0.05, 0) is 34.1 Å². The van der Waals surface area contributed by atoms with Gasteiger partial charge in [0.2, 0.25) is 12.5 Å². The van der Waals surface area contributed by atoms with Gasteiger partial charge in [-0.2, -0.15) is 0 Å². The van der Waals surface area contributed by atoms with Crippen molar-refractivity contribution >= 4 is 21.9 Å².